The van der Waals surface area contributed by atoms with E-state index in [0.29, 0.717) is 12.8 Å². The van der Waals surface area contributed by atoms with Gasteiger partial charge < -0.3 is 19.3 Å². The highest BCUT2D eigenvalue weighted by atomic mass is 31.2. The molecule has 0 rings (SSSR count). The molecule has 322 valence electrons. The van der Waals surface area contributed by atoms with Crippen LogP contribution in [0.3, 0.4) is 0 Å². The van der Waals surface area contributed by atoms with E-state index in [-0.39, 0.29) is 19.4 Å². The largest absolute Gasteiger partial charge is 0.469 e. The van der Waals surface area contributed by atoms with E-state index >= 15 is 0 Å². The Hall–Kier alpha value is -2.51. The first-order chi connectivity index (χ1) is 27.3. The molecule has 0 fully saturated rings. The van der Waals surface area contributed by atoms with Gasteiger partial charge in [-0.15, -0.1) is 0 Å². The molecule has 0 saturated heterocycles. The smallest absolute Gasteiger partial charge is 0.462 e. The van der Waals surface area contributed by atoms with Crippen molar-refractivity contribution < 1.29 is 37.9 Å². The van der Waals surface area contributed by atoms with Crippen LogP contribution in [0.4, 0.5) is 0 Å². The Kier molecular flexibility index (Phi) is 40.2. The minimum Gasteiger partial charge on any atom is -0.462 e. The van der Waals surface area contributed by atoms with Gasteiger partial charge in [-0.05, 0) is 89.9 Å². The first kappa shape index (κ1) is 53.5. The van der Waals surface area contributed by atoms with E-state index in [0.717, 1.165) is 70.6 Å². The number of phosphoric ester groups is 1. The number of allylic oxidation sites excluding steroid dienone is 12. The maximum Gasteiger partial charge on any atom is 0.469 e. The molecule has 2 N–H and O–H groups in total. The highest BCUT2D eigenvalue weighted by Gasteiger charge is 2.22. The number of rotatable bonds is 40. The van der Waals surface area contributed by atoms with Crippen molar-refractivity contribution in [3.05, 3.63) is 72.9 Å². The van der Waals surface area contributed by atoms with Gasteiger partial charge in [0.05, 0.1) is 6.61 Å². The lowest BCUT2D eigenvalue weighted by molar-refractivity contribution is -0.161. The van der Waals surface area contributed by atoms with E-state index < -0.39 is 32.5 Å². The van der Waals surface area contributed by atoms with Gasteiger partial charge in [0.15, 0.2) is 6.10 Å². The molecule has 56 heavy (non-hydrogen) atoms. The zero-order valence-corrected chi connectivity index (χ0v) is 36.4. The van der Waals surface area contributed by atoms with Crippen LogP contribution in [0.1, 0.15) is 194 Å². The number of unbranched alkanes of at least 4 members (excludes halogenated alkanes) is 18. The molecule has 0 unspecified atom stereocenters. The molecule has 0 aromatic heterocycles. The number of carbonyl (C=O) groups is 2. The Morgan fingerprint density at radius 1 is 0.464 bits per heavy atom. The number of hydrogen-bond acceptors (Lipinski definition) is 6. The molecule has 0 aliphatic heterocycles. The Balaban J connectivity index is 3.98. The van der Waals surface area contributed by atoms with Crippen LogP contribution >= 0.6 is 7.82 Å². The summed E-state index contributed by atoms with van der Waals surface area (Å²) in [6.45, 7) is 3.61. The number of ether oxygens (including phenoxy) is 2. The molecule has 8 nitrogen and oxygen atoms in total. The Labute approximate surface area is 342 Å². The second-order valence-corrected chi connectivity index (χ2v) is 15.9. The quantitative estimate of drug-likeness (QED) is 0.0272. The van der Waals surface area contributed by atoms with Crippen molar-refractivity contribution in [3.63, 3.8) is 0 Å². The van der Waals surface area contributed by atoms with Gasteiger partial charge in [-0.2, -0.15) is 0 Å². The summed E-state index contributed by atoms with van der Waals surface area (Å²) in [5.74, 6) is -0.928. The number of hydrogen-bond donors (Lipinski definition) is 2. The Bertz CT molecular complexity index is 1130. The molecule has 0 heterocycles. The second kappa shape index (κ2) is 42.1. The molecule has 0 spiro atoms. The lowest BCUT2D eigenvalue weighted by Gasteiger charge is -2.18. The average Bonchev–Trinajstić information content (AvgIpc) is 3.17. The van der Waals surface area contributed by atoms with Gasteiger partial charge in [-0.1, -0.05) is 164 Å². The van der Waals surface area contributed by atoms with E-state index in [1.54, 1.807) is 0 Å². The molecule has 0 radical (unpaired) electrons. The van der Waals surface area contributed by atoms with Crippen LogP contribution in [0.2, 0.25) is 0 Å². The molecule has 0 aromatic carbocycles. The maximum absolute atomic E-state index is 12.4. The van der Waals surface area contributed by atoms with Gasteiger partial charge in [-0.25, -0.2) is 4.57 Å². The number of phosphoric acid groups is 1. The molecular formula is C47H81O8P. The van der Waals surface area contributed by atoms with Gasteiger partial charge in [0.2, 0.25) is 0 Å². The topological polar surface area (TPSA) is 119 Å². The van der Waals surface area contributed by atoms with Crippen molar-refractivity contribution in [2.24, 2.45) is 0 Å². The monoisotopic (exact) mass is 805 g/mol. The van der Waals surface area contributed by atoms with Crippen molar-refractivity contribution >= 4 is 19.8 Å². The lowest BCUT2D eigenvalue weighted by atomic mass is 10.1. The third kappa shape index (κ3) is 44.2. The minimum atomic E-state index is -4.77. The molecule has 0 aliphatic carbocycles. The van der Waals surface area contributed by atoms with E-state index in [2.05, 4.69) is 91.3 Å². The first-order valence-electron chi connectivity index (χ1n) is 22.2. The normalized spacial score (nSPS) is 13.1. The van der Waals surface area contributed by atoms with Crippen molar-refractivity contribution in [1.82, 2.24) is 0 Å². The van der Waals surface area contributed by atoms with E-state index in [4.69, 9.17) is 19.3 Å². The zero-order chi connectivity index (χ0) is 41.1. The zero-order valence-electron chi connectivity index (χ0n) is 35.5. The highest BCUT2D eigenvalue weighted by Crippen LogP contribution is 2.36. The summed E-state index contributed by atoms with van der Waals surface area (Å²) in [6, 6.07) is 0. The predicted octanol–water partition coefficient (Wildman–Crippen LogP) is 13.9. The standard InChI is InChI=1S/C47H81O8P/c1-3-5-7-9-11-13-15-17-19-21-23-25-27-29-31-33-35-37-39-41-46(48)53-43-45(44-54-56(50,51)52)55-47(49)42-40-38-36-34-32-30-28-26-24-22-20-18-16-14-12-10-8-6-4-2/h11-14,17-20,24,26,30,32,45H,3-10,15-16,21-23,25,27-29,31,33-44H2,1-2H3,(H2,50,51,52)/b13-11-,14-12-,19-17-,20-18-,26-24-,32-30-/t45-/m1/s1. The van der Waals surface area contributed by atoms with Gasteiger partial charge >= 0.3 is 19.8 Å². The molecule has 9 heteroatoms. The van der Waals surface area contributed by atoms with Gasteiger partial charge in [-0.3, -0.25) is 14.1 Å². The third-order valence-corrected chi connectivity index (χ3v) is 9.68. The van der Waals surface area contributed by atoms with Crippen molar-refractivity contribution in [3.8, 4) is 0 Å². The molecule has 0 bridgehead atoms. The highest BCUT2D eigenvalue weighted by molar-refractivity contribution is 7.46. The second-order valence-electron chi connectivity index (χ2n) is 14.7. The first-order valence-corrected chi connectivity index (χ1v) is 23.8. The van der Waals surface area contributed by atoms with Crippen molar-refractivity contribution in [2.45, 2.75) is 200 Å². The van der Waals surface area contributed by atoms with Crippen LogP contribution in [0, 0.1) is 0 Å². The van der Waals surface area contributed by atoms with Crippen LogP contribution in [0.15, 0.2) is 72.9 Å². The summed E-state index contributed by atoms with van der Waals surface area (Å²) in [4.78, 5) is 42.9. The summed E-state index contributed by atoms with van der Waals surface area (Å²) in [5, 5.41) is 0. The molecule has 0 aromatic rings. The molecule has 0 amide bonds. The third-order valence-electron chi connectivity index (χ3n) is 9.20. The van der Waals surface area contributed by atoms with Crippen molar-refractivity contribution in [1.29, 1.82) is 0 Å². The molecule has 1 atom stereocenters. The predicted molar refractivity (Wildman–Crippen MR) is 234 cm³/mol. The lowest BCUT2D eigenvalue weighted by Crippen LogP contribution is -2.29. The van der Waals surface area contributed by atoms with E-state index in [9.17, 15) is 14.2 Å². The number of esters is 2. The van der Waals surface area contributed by atoms with Crippen LogP contribution in [0.25, 0.3) is 0 Å². The summed E-state index contributed by atoms with van der Waals surface area (Å²) in [6.07, 6.45) is 54.7. The SMILES string of the molecule is CCCCC/C=C\C/C=C\C/C=C\C/C=C\CCCCCC(=O)O[C@H](COC(=O)CCCCCCCCCCC/C=C\C/C=C\CCCCC)COP(=O)(O)O. The van der Waals surface area contributed by atoms with Gasteiger partial charge in [0.25, 0.3) is 0 Å². The van der Waals surface area contributed by atoms with E-state index in [1.807, 2.05) is 0 Å². The molecule has 0 aliphatic rings. The summed E-state index contributed by atoms with van der Waals surface area (Å²) in [5.41, 5.74) is 0. The van der Waals surface area contributed by atoms with Crippen LogP contribution < -0.4 is 0 Å². The molecule has 0 saturated carbocycles. The van der Waals surface area contributed by atoms with Crippen LogP contribution in [-0.2, 0) is 28.2 Å². The average molecular weight is 805 g/mol. The molecular weight excluding hydrogens is 723 g/mol. The Morgan fingerprint density at radius 3 is 1.21 bits per heavy atom. The fourth-order valence-electron chi connectivity index (χ4n) is 5.86. The summed E-state index contributed by atoms with van der Waals surface area (Å²) in [7, 11) is -4.77. The van der Waals surface area contributed by atoms with Gasteiger partial charge in [0.1, 0.15) is 6.61 Å². The van der Waals surface area contributed by atoms with E-state index in [1.165, 1.54) is 83.5 Å². The fourth-order valence-corrected chi connectivity index (χ4v) is 6.22. The van der Waals surface area contributed by atoms with Crippen molar-refractivity contribution in [2.75, 3.05) is 13.2 Å². The Morgan fingerprint density at radius 2 is 0.804 bits per heavy atom. The summed E-state index contributed by atoms with van der Waals surface area (Å²) >= 11 is 0. The van der Waals surface area contributed by atoms with Gasteiger partial charge in [0, 0.05) is 12.8 Å². The summed E-state index contributed by atoms with van der Waals surface area (Å²) < 4.78 is 26.4. The van der Waals surface area contributed by atoms with Crippen LogP contribution in [0.5, 0.6) is 0 Å². The maximum atomic E-state index is 12.4. The minimum absolute atomic E-state index is 0.170. The van der Waals surface area contributed by atoms with Crippen LogP contribution in [-0.4, -0.2) is 41.0 Å². The fraction of sp³-hybridized carbons (Fsp3) is 0.702. The number of carbonyl (C=O) groups excluding carboxylic acids is 2.